The van der Waals surface area contributed by atoms with Crippen molar-refractivity contribution in [3.05, 3.63) is 40.8 Å². The van der Waals surface area contributed by atoms with Crippen molar-refractivity contribution in [2.45, 2.75) is 31.4 Å². The van der Waals surface area contributed by atoms with Gasteiger partial charge in [-0.3, -0.25) is 15.7 Å². The van der Waals surface area contributed by atoms with Crippen molar-refractivity contribution < 1.29 is 19.0 Å². The predicted molar refractivity (Wildman–Crippen MR) is 85.1 cm³/mol. The molecule has 3 N–H and O–H groups in total. The highest BCUT2D eigenvalue weighted by Gasteiger charge is 2.29. The molecule has 2 aromatic rings. The summed E-state index contributed by atoms with van der Waals surface area (Å²) < 4.78 is 24.0. The largest absolute Gasteiger partial charge is 0.470 e. The summed E-state index contributed by atoms with van der Waals surface area (Å²) in [6.45, 7) is 1.74. The molecule has 0 spiro atoms. The topological polar surface area (TPSA) is 105 Å². The average molecular weight is 347 g/mol. The number of nitrogens with zero attached hydrogens (tertiary/aromatic N) is 3. The van der Waals surface area contributed by atoms with Crippen molar-refractivity contribution in [2.24, 2.45) is 4.99 Å². The number of nitrogens with one attached hydrogen (secondary N) is 2. The molecule has 25 heavy (non-hydrogen) atoms. The number of hydrogen-bond donors (Lipinski definition) is 3. The van der Waals surface area contributed by atoms with E-state index in [0.717, 1.165) is 37.1 Å². The Hall–Kier alpha value is -2.52. The number of hydrogen-bond acceptors (Lipinski definition) is 7. The van der Waals surface area contributed by atoms with Crippen molar-refractivity contribution >= 4 is 5.84 Å². The van der Waals surface area contributed by atoms with Gasteiger partial charge in [0.25, 0.3) is 5.88 Å². The molecule has 0 radical (unpaired) electrons. The Bertz CT molecular complexity index is 788. The fourth-order valence-electron chi connectivity index (χ4n) is 3.14. The quantitative estimate of drug-likeness (QED) is 0.436. The van der Waals surface area contributed by atoms with Gasteiger partial charge in [-0.05, 0) is 65.9 Å². The third kappa shape index (κ3) is 3.20. The second kappa shape index (κ2) is 6.77. The van der Waals surface area contributed by atoms with E-state index in [0.29, 0.717) is 6.42 Å². The highest BCUT2D eigenvalue weighted by molar-refractivity contribution is 5.98. The number of aromatic nitrogens is 2. The zero-order chi connectivity index (χ0) is 17.2. The van der Waals surface area contributed by atoms with Crippen molar-refractivity contribution in [2.75, 3.05) is 13.1 Å². The number of rotatable bonds is 4. The fraction of sp³-hybridized carbons (Fsp3) is 0.438. The maximum Gasteiger partial charge on any atom is 0.287 e. The second-order valence-electron chi connectivity index (χ2n) is 6.14. The summed E-state index contributed by atoms with van der Waals surface area (Å²) in [7, 11) is 0. The molecule has 9 heteroatoms. The lowest BCUT2D eigenvalue weighted by molar-refractivity contribution is 0.146. The molecule has 0 amide bonds. The SMILES string of the molecule is ONC(=NC1Cc2ccc(F)cc21)c1nonc1OC1CCNCC1. The van der Waals surface area contributed by atoms with Crippen LogP contribution in [0.25, 0.3) is 0 Å². The molecule has 4 rings (SSSR count). The van der Waals surface area contributed by atoms with Crippen LogP contribution in [-0.4, -0.2) is 40.5 Å². The van der Waals surface area contributed by atoms with Crippen LogP contribution in [0, 0.1) is 5.82 Å². The Morgan fingerprint density at radius 1 is 1.36 bits per heavy atom. The highest BCUT2D eigenvalue weighted by atomic mass is 19.1. The average Bonchev–Trinajstić information content (AvgIpc) is 3.07. The first kappa shape index (κ1) is 16.0. The number of benzene rings is 1. The van der Waals surface area contributed by atoms with E-state index in [1.165, 1.54) is 12.1 Å². The van der Waals surface area contributed by atoms with Gasteiger partial charge in [0.15, 0.2) is 5.84 Å². The minimum atomic E-state index is -0.310. The molecule has 132 valence electrons. The first-order valence-corrected chi connectivity index (χ1v) is 8.21. The van der Waals surface area contributed by atoms with Crippen LogP contribution in [-0.2, 0) is 6.42 Å². The summed E-state index contributed by atoms with van der Waals surface area (Å²) in [5.41, 5.74) is 4.06. The summed E-state index contributed by atoms with van der Waals surface area (Å²) in [5.74, 6) is -0.0359. The normalized spacial score (nSPS) is 20.7. The van der Waals surface area contributed by atoms with Crippen LogP contribution in [0.5, 0.6) is 5.88 Å². The lowest BCUT2D eigenvalue weighted by Gasteiger charge is -2.27. The van der Waals surface area contributed by atoms with Crippen LogP contribution in [0.3, 0.4) is 0 Å². The second-order valence-corrected chi connectivity index (χ2v) is 6.14. The first-order valence-electron chi connectivity index (χ1n) is 8.21. The maximum atomic E-state index is 13.4. The third-order valence-corrected chi connectivity index (χ3v) is 4.52. The number of fused-ring (bicyclic) bond motifs is 1. The predicted octanol–water partition coefficient (Wildman–Crippen LogP) is 1.36. The summed E-state index contributed by atoms with van der Waals surface area (Å²) >= 11 is 0. The lowest BCUT2D eigenvalue weighted by atomic mass is 9.83. The number of amidine groups is 1. The molecule has 1 atom stereocenters. The van der Waals surface area contributed by atoms with Gasteiger partial charge in [-0.25, -0.2) is 9.02 Å². The molecule has 2 aliphatic rings. The van der Waals surface area contributed by atoms with Crippen molar-refractivity contribution in [3.8, 4) is 5.88 Å². The van der Waals surface area contributed by atoms with Gasteiger partial charge in [0.1, 0.15) is 11.9 Å². The van der Waals surface area contributed by atoms with E-state index in [2.05, 4.69) is 20.6 Å². The molecule has 1 aliphatic heterocycles. The van der Waals surface area contributed by atoms with Gasteiger partial charge >= 0.3 is 0 Å². The molecule has 2 heterocycles. The molecule has 1 unspecified atom stereocenters. The van der Waals surface area contributed by atoms with Gasteiger partial charge in [-0.1, -0.05) is 6.07 Å². The van der Waals surface area contributed by atoms with Crippen molar-refractivity contribution in [3.63, 3.8) is 0 Å². The van der Waals surface area contributed by atoms with Gasteiger partial charge in [0, 0.05) is 0 Å². The Morgan fingerprint density at radius 2 is 2.20 bits per heavy atom. The molecular weight excluding hydrogens is 329 g/mol. The number of halogens is 1. The molecule has 1 aromatic carbocycles. The van der Waals surface area contributed by atoms with E-state index < -0.39 is 0 Å². The third-order valence-electron chi connectivity index (χ3n) is 4.52. The fourth-order valence-corrected chi connectivity index (χ4v) is 3.14. The van der Waals surface area contributed by atoms with Crippen LogP contribution >= 0.6 is 0 Å². The maximum absolute atomic E-state index is 13.4. The van der Waals surface area contributed by atoms with Crippen LogP contribution in [0.15, 0.2) is 27.8 Å². The Kier molecular flexibility index (Phi) is 4.33. The standard InChI is InChI=1S/C16H18FN5O3/c17-10-2-1-9-7-13(12(9)8-10)19-15(20-23)14-16(22-25-21-14)24-11-3-5-18-6-4-11/h1-2,8,11,13,18,23H,3-7H2,(H,19,20). The Balaban J connectivity index is 1.55. The van der Waals surface area contributed by atoms with Crippen molar-refractivity contribution in [1.29, 1.82) is 0 Å². The molecule has 0 bridgehead atoms. The van der Waals surface area contributed by atoms with E-state index in [1.54, 1.807) is 6.07 Å². The zero-order valence-corrected chi connectivity index (χ0v) is 13.4. The van der Waals surface area contributed by atoms with Gasteiger partial charge in [0.2, 0.25) is 5.69 Å². The highest BCUT2D eigenvalue weighted by Crippen LogP contribution is 2.37. The molecule has 0 saturated carbocycles. The summed E-state index contributed by atoms with van der Waals surface area (Å²) in [4.78, 5) is 4.41. The minimum absolute atomic E-state index is 0.00497. The van der Waals surface area contributed by atoms with Crippen LogP contribution in [0.2, 0.25) is 0 Å². The van der Waals surface area contributed by atoms with Gasteiger partial charge in [0.05, 0.1) is 6.04 Å². The van der Waals surface area contributed by atoms with E-state index in [-0.39, 0.29) is 35.4 Å². The summed E-state index contributed by atoms with van der Waals surface area (Å²) in [5, 5.41) is 20.3. The van der Waals surface area contributed by atoms with Gasteiger partial charge < -0.3 is 10.1 Å². The zero-order valence-electron chi connectivity index (χ0n) is 13.4. The molecule has 1 fully saturated rings. The molecule has 8 nitrogen and oxygen atoms in total. The van der Waals surface area contributed by atoms with Crippen LogP contribution in [0.1, 0.15) is 35.7 Å². The van der Waals surface area contributed by atoms with Crippen LogP contribution < -0.4 is 15.5 Å². The van der Waals surface area contributed by atoms with E-state index >= 15 is 0 Å². The van der Waals surface area contributed by atoms with E-state index in [9.17, 15) is 9.60 Å². The Labute approximate surface area is 143 Å². The monoisotopic (exact) mass is 347 g/mol. The van der Waals surface area contributed by atoms with Crippen molar-refractivity contribution in [1.82, 2.24) is 21.1 Å². The Morgan fingerprint density at radius 3 is 3.00 bits per heavy atom. The first-order chi connectivity index (χ1) is 12.2. The molecule has 1 saturated heterocycles. The lowest BCUT2D eigenvalue weighted by Crippen LogP contribution is -2.34. The smallest absolute Gasteiger partial charge is 0.287 e. The summed E-state index contributed by atoms with van der Waals surface area (Å²) in [6.07, 6.45) is 2.36. The summed E-state index contributed by atoms with van der Waals surface area (Å²) in [6, 6.07) is 4.36. The number of aliphatic imine (C=N–C) groups is 1. The molecule has 1 aliphatic carbocycles. The minimum Gasteiger partial charge on any atom is -0.470 e. The van der Waals surface area contributed by atoms with Gasteiger partial charge in [-0.2, -0.15) is 0 Å². The molecule has 1 aromatic heterocycles. The number of ether oxygens (including phenoxy) is 1. The van der Waals surface area contributed by atoms with E-state index in [4.69, 9.17) is 9.37 Å². The van der Waals surface area contributed by atoms with Crippen LogP contribution in [0.4, 0.5) is 4.39 Å². The van der Waals surface area contributed by atoms with Gasteiger partial charge in [-0.15, -0.1) is 0 Å². The van der Waals surface area contributed by atoms with E-state index in [1.807, 2.05) is 5.48 Å². The number of piperidine rings is 1. The molecular formula is C16H18FN5O3. The number of hydroxylamine groups is 1.